The van der Waals surface area contributed by atoms with Crippen LogP contribution in [0.5, 0.6) is 0 Å². The fraction of sp³-hybridized carbons (Fsp3) is 0.333. The van der Waals surface area contributed by atoms with Crippen molar-refractivity contribution in [2.75, 3.05) is 43.8 Å². The fourth-order valence-electron chi connectivity index (χ4n) is 3.18. The molecule has 0 unspecified atom stereocenters. The number of quaternary nitrogens is 1. The summed E-state index contributed by atoms with van der Waals surface area (Å²) in [4.78, 5) is 29.0. The predicted octanol–water partition coefficient (Wildman–Crippen LogP) is 2.11. The number of hydrogen-bond donors (Lipinski definition) is 2. The number of halogens is 1. The number of benzene rings is 2. The number of nitrogens with one attached hydrogen (secondary N) is 2. The van der Waals surface area contributed by atoms with Crippen molar-refractivity contribution >= 4 is 40.9 Å². The van der Waals surface area contributed by atoms with Crippen molar-refractivity contribution in [3.05, 3.63) is 59.1 Å². The Kier molecular flexibility index (Phi) is 7.36. The van der Waals surface area contributed by atoms with Crippen LogP contribution in [0.2, 0.25) is 5.02 Å². The van der Waals surface area contributed by atoms with E-state index in [0.717, 1.165) is 18.0 Å². The van der Waals surface area contributed by atoms with Crippen molar-refractivity contribution < 1.29 is 14.5 Å². The normalized spacial score (nSPS) is 14.7. The first-order valence-electron chi connectivity index (χ1n) is 9.37. The van der Waals surface area contributed by atoms with Crippen LogP contribution in [0.1, 0.15) is 5.56 Å². The summed E-state index contributed by atoms with van der Waals surface area (Å²) in [5.74, 6) is 0.554. The molecule has 7 heteroatoms. The van der Waals surface area contributed by atoms with Gasteiger partial charge in [-0.15, -0.1) is 11.8 Å². The van der Waals surface area contributed by atoms with Gasteiger partial charge < -0.3 is 15.1 Å². The maximum Gasteiger partial charge on any atom is 0.279 e. The molecule has 2 aromatic carbocycles. The average molecular weight is 419 g/mol. The fourth-order valence-corrected chi connectivity index (χ4v) is 4.30. The number of hydrogen-bond acceptors (Lipinski definition) is 3. The minimum absolute atomic E-state index is 0.0574. The monoisotopic (exact) mass is 418 g/mol. The van der Waals surface area contributed by atoms with Crippen LogP contribution in [-0.4, -0.2) is 55.2 Å². The summed E-state index contributed by atoms with van der Waals surface area (Å²) in [6.45, 7) is 5.35. The maximum atomic E-state index is 12.5. The molecule has 0 bridgehead atoms. The Bertz CT molecular complexity index is 838. The highest BCUT2D eigenvalue weighted by Crippen LogP contribution is 2.22. The number of piperazine rings is 1. The van der Waals surface area contributed by atoms with Gasteiger partial charge in [-0.05, 0) is 30.7 Å². The Morgan fingerprint density at radius 2 is 1.79 bits per heavy atom. The highest BCUT2D eigenvalue weighted by Gasteiger charge is 2.25. The van der Waals surface area contributed by atoms with E-state index in [1.807, 2.05) is 35.2 Å². The minimum Gasteiger partial charge on any atom is -0.331 e. The molecule has 0 aliphatic carbocycles. The van der Waals surface area contributed by atoms with E-state index in [9.17, 15) is 9.59 Å². The minimum atomic E-state index is -0.0574. The highest BCUT2D eigenvalue weighted by molar-refractivity contribution is 8.00. The quantitative estimate of drug-likeness (QED) is 0.706. The molecule has 1 aliphatic rings. The van der Waals surface area contributed by atoms with Gasteiger partial charge in [-0.25, -0.2) is 0 Å². The lowest BCUT2D eigenvalue weighted by Crippen LogP contribution is -3.15. The first-order valence-corrected chi connectivity index (χ1v) is 10.7. The third-order valence-corrected chi connectivity index (χ3v) is 6.32. The van der Waals surface area contributed by atoms with Crippen LogP contribution in [0, 0.1) is 6.92 Å². The maximum absolute atomic E-state index is 12.5. The van der Waals surface area contributed by atoms with E-state index >= 15 is 0 Å². The number of para-hydroxylation sites is 1. The van der Waals surface area contributed by atoms with Crippen LogP contribution >= 0.6 is 23.4 Å². The number of aryl methyl sites for hydroxylation is 1. The summed E-state index contributed by atoms with van der Waals surface area (Å²) in [6.07, 6.45) is 0. The van der Waals surface area contributed by atoms with Gasteiger partial charge in [-0.2, -0.15) is 0 Å². The Hall–Kier alpha value is -2.02. The van der Waals surface area contributed by atoms with Gasteiger partial charge in [-0.1, -0.05) is 41.9 Å². The molecule has 2 amide bonds. The molecular weight excluding hydrogens is 394 g/mol. The molecule has 1 saturated heterocycles. The van der Waals surface area contributed by atoms with Crippen molar-refractivity contribution in [1.29, 1.82) is 0 Å². The van der Waals surface area contributed by atoms with Gasteiger partial charge in [0.25, 0.3) is 5.91 Å². The van der Waals surface area contributed by atoms with Crippen LogP contribution in [0.15, 0.2) is 53.4 Å². The van der Waals surface area contributed by atoms with Crippen molar-refractivity contribution in [2.45, 2.75) is 11.8 Å². The van der Waals surface area contributed by atoms with Gasteiger partial charge in [0.2, 0.25) is 5.91 Å². The summed E-state index contributed by atoms with van der Waals surface area (Å²) >= 11 is 7.67. The molecule has 0 radical (unpaired) electrons. The number of amides is 2. The van der Waals surface area contributed by atoms with E-state index in [2.05, 4.69) is 18.3 Å². The zero-order chi connectivity index (χ0) is 19.9. The molecule has 148 valence electrons. The molecule has 1 heterocycles. The average Bonchev–Trinajstić information content (AvgIpc) is 2.69. The molecule has 2 aromatic rings. The van der Waals surface area contributed by atoms with Gasteiger partial charge in [0, 0.05) is 4.90 Å². The summed E-state index contributed by atoms with van der Waals surface area (Å²) < 4.78 is 0. The molecule has 0 saturated carbocycles. The largest absolute Gasteiger partial charge is 0.331 e. The molecule has 0 aromatic heterocycles. The van der Waals surface area contributed by atoms with E-state index in [-0.39, 0.29) is 11.8 Å². The van der Waals surface area contributed by atoms with E-state index in [0.29, 0.717) is 36.1 Å². The number of nitrogens with zero attached hydrogens (tertiary/aromatic N) is 1. The van der Waals surface area contributed by atoms with Gasteiger partial charge in [-0.3, -0.25) is 9.59 Å². The lowest BCUT2D eigenvalue weighted by molar-refractivity contribution is -0.895. The summed E-state index contributed by atoms with van der Waals surface area (Å²) in [6, 6.07) is 15.3. The number of thioether (sulfide) groups is 1. The zero-order valence-corrected chi connectivity index (χ0v) is 17.5. The van der Waals surface area contributed by atoms with Crippen molar-refractivity contribution in [1.82, 2.24) is 4.90 Å². The van der Waals surface area contributed by atoms with Gasteiger partial charge in [0.15, 0.2) is 6.54 Å². The number of carbonyl (C=O) groups is 2. The van der Waals surface area contributed by atoms with Crippen molar-refractivity contribution in [2.24, 2.45) is 0 Å². The summed E-state index contributed by atoms with van der Waals surface area (Å²) in [7, 11) is 0. The third kappa shape index (κ3) is 5.74. The molecule has 0 spiro atoms. The Morgan fingerprint density at radius 1 is 1.11 bits per heavy atom. The number of rotatable bonds is 6. The third-order valence-electron chi connectivity index (χ3n) is 4.83. The molecule has 3 rings (SSSR count). The Labute approximate surface area is 175 Å². The van der Waals surface area contributed by atoms with E-state index in [4.69, 9.17) is 11.6 Å². The SMILES string of the molecule is Cc1ccccc1SCC(=O)N1CC[NH+](CC(=O)Nc2ccccc2Cl)CC1. The number of anilines is 1. The van der Waals surface area contributed by atoms with Gasteiger partial charge in [0.05, 0.1) is 42.6 Å². The second-order valence-electron chi connectivity index (χ2n) is 6.89. The van der Waals surface area contributed by atoms with E-state index < -0.39 is 0 Å². The van der Waals surface area contributed by atoms with Crippen LogP contribution < -0.4 is 10.2 Å². The predicted molar refractivity (Wildman–Crippen MR) is 114 cm³/mol. The second kappa shape index (κ2) is 9.96. The van der Waals surface area contributed by atoms with Crippen LogP contribution in [0.4, 0.5) is 5.69 Å². The molecule has 1 aliphatic heterocycles. The lowest BCUT2D eigenvalue weighted by atomic mass is 10.2. The van der Waals surface area contributed by atoms with E-state index in [1.54, 1.807) is 23.9 Å². The van der Waals surface area contributed by atoms with Crippen molar-refractivity contribution in [3.63, 3.8) is 0 Å². The smallest absolute Gasteiger partial charge is 0.279 e. The highest BCUT2D eigenvalue weighted by atomic mass is 35.5. The van der Waals surface area contributed by atoms with Gasteiger partial charge in [0.1, 0.15) is 0 Å². The van der Waals surface area contributed by atoms with Gasteiger partial charge >= 0.3 is 0 Å². The van der Waals surface area contributed by atoms with Crippen molar-refractivity contribution in [3.8, 4) is 0 Å². The topological polar surface area (TPSA) is 53.9 Å². The molecule has 5 nitrogen and oxygen atoms in total. The molecule has 0 atom stereocenters. The first kappa shape index (κ1) is 20.7. The summed E-state index contributed by atoms with van der Waals surface area (Å²) in [5, 5.41) is 3.39. The van der Waals surface area contributed by atoms with Crippen LogP contribution in [-0.2, 0) is 9.59 Å². The van der Waals surface area contributed by atoms with Crippen LogP contribution in [0.3, 0.4) is 0 Å². The van der Waals surface area contributed by atoms with E-state index in [1.165, 1.54) is 10.5 Å². The summed E-state index contributed by atoms with van der Waals surface area (Å²) in [5.41, 5.74) is 1.83. The molecule has 1 fully saturated rings. The second-order valence-corrected chi connectivity index (χ2v) is 8.31. The first-order chi connectivity index (χ1) is 13.5. The Balaban J connectivity index is 1.41. The Morgan fingerprint density at radius 3 is 2.50 bits per heavy atom. The standard InChI is InChI=1S/C21H24ClN3O2S/c1-16-6-2-5-9-19(16)28-15-21(27)25-12-10-24(11-13-25)14-20(26)23-18-8-4-3-7-17(18)22/h2-9H,10-15H2,1H3,(H,23,26)/p+1. The molecule has 28 heavy (non-hydrogen) atoms. The number of carbonyl (C=O) groups excluding carboxylic acids is 2. The molecule has 2 N–H and O–H groups in total. The van der Waals surface area contributed by atoms with Crippen LogP contribution in [0.25, 0.3) is 0 Å². The lowest BCUT2D eigenvalue weighted by Gasteiger charge is -2.32. The molecular formula is C21H25ClN3O2S+. The zero-order valence-electron chi connectivity index (χ0n) is 15.9.